The first-order valence-corrected chi connectivity index (χ1v) is 7.96. The first-order chi connectivity index (χ1) is 10.7. The summed E-state index contributed by atoms with van der Waals surface area (Å²) in [5.74, 6) is 2.22. The quantitative estimate of drug-likeness (QED) is 0.551. The van der Waals surface area contributed by atoms with Gasteiger partial charge in [-0.25, -0.2) is 9.97 Å². The smallest absolute Gasteiger partial charge is 0.226 e. The van der Waals surface area contributed by atoms with E-state index < -0.39 is 0 Å². The largest absolute Gasteiger partial charge is 0.439 e. The lowest BCUT2D eigenvalue weighted by molar-refractivity contribution is 0.433. The van der Waals surface area contributed by atoms with Crippen LogP contribution >= 0.6 is 31.9 Å². The van der Waals surface area contributed by atoms with Gasteiger partial charge in [0, 0.05) is 8.95 Å². The molecule has 0 saturated carbocycles. The molecule has 0 atom stereocenters. The van der Waals surface area contributed by atoms with Crippen LogP contribution in [0.4, 0.5) is 0 Å². The Hall–Kier alpha value is -1.92. The van der Waals surface area contributed by atoms with E-state index in [-0.39, 0.29) is 0 Å². The minimum atomic E-state index is 0.421. The van der Waals surface area contributed by atoms with Crippen LogP contribution in [0, 0.1) is 0 Å². The summed E-state index contributed by atoms with van der Waals surface area (Å²) in [6, 6.07) is 16.6. The van der Waals surface area contributed by atoms with Gasteiger partial charge in [0.05, 0.1) is 6.07 Å². The third-order valence-corrected chi connectivity index (χ3v) is 3.75. The second-order valence-electron chi connectivity index (χ2n) is 4.31. The molecule has 22 heavy (non-hydrogen) atoms. The van der Waals surface area contributed by atoms with E-state index in [1.165, 1.54) is 6.33 Å². The van der Waals surface area contributed by atoms with Crippen molar-refractivity contribution in [3.8, 4) is 23.3 Å². The van der Waals surface area contributed by atoms with Gasteiger partial charge >= 0.3 is 0 Å². The van der Waals surface area contributed by atoms with Crippen LogP contribution in [-0.2, 0) is 0 Å². The standard InChI is InChI=1S/C16H10Br2N2O2/c17-11-1-5-13(6-2-11)21-15-9-16(20-10-19-15)22-14-7-3-12(18)4-8-14/h1-10H. The summed E-state index contributed by atoms with van der Waals surface area (Å²) >= 11 is 6.76. The van der Waals surface area contributed by atoms with Crippen LogP contribution in [-0.4, -0.2) is 9.97 Å². The van der Waals surface area contributed by atoms with E-state index >= 15 is 0 Å². The fraction of sp³-hybridized carbons (Fsp3) is 0. The fourth-order valence-electron chi connectivity index (χ4n) is 1.68. The second kappa shape index (κ2) is 6.89. The van der Waals surface area contributed by atoms with Gasteiger partial charge in [-0.05, 0) is 48.5 Å². The van der Waals surface area contributed by atoms with E-state index in [4.69, 9.17) is 9.47 Å². The highest BCUT2D eigenvalue weighted by Crippen LogP contribution is 2.26. The molecule has 2 aromatic carbocycles. The Morgan fingerprint density at radius 3 is 1.45 bits per heavy atom. The summed E-state index contributed by atoms with van der Waals surface area (Å²) in [4.78, 5) is 8.16. The van der Waals surface area contributed by atoms with Crippen molar-refractivity contribution in [3.63, 3.8) is 0 Å². The third kappa shape index (κ3) is 4.05. The number of benzene rings is 2. The number of rotatable bonds is 4. The fourth-order valence-corrected chi connectivity index (χ4v) is 2.21. The van der Waals surface area contributed by atoms with Gasteiger partial charge in [-0.15, -0.1) is 0 Å². The maximum atomic E-state index is 5.67. The van der Waals surface area contributed by atoms with Gasteiger partial charge in [-0.1, -0.05) is 31.9 Å². The topological polar surface area (TPSA) is 44.2 Å². The molecule has 6 heteroatoms. The molecule has 0 radical (unpaired) electrons. The van der Waals surface area contributed by atoms with Crippen molar-refractivity contribution in [2.45, 2.75) is 0 Å². The molecule has 1 aromatic heterocycles. The monoisotopic (exact) mass is 420 g/mol. The SMILES string of the molecule is Brc1ccc(Oc2cc(Oc3ccc(Br)cc3)ncn2)cc1. The summed E-state index contributed by atoms with van der Waals surface area (Å²) < 4.78 is 13.3. The zero-order chi connectivity index (χ0) is 15.4. The first-order valence-electron chi connectivity index (χ1n) is 6.38. The summed E-state index contributed by atoms with van der Waals surface area (Å²) in [6.07, 6.45) is 1.41. The Morgan fingerprint density at radius 1 is 0.636 bits per heavy atom. The molecule has 0 aliphatic rings. The van der Waals surface area contributed by atoms with E-state index in [1.807, 2.05) is 48.5 Å². The maximum Gasteiger partial charge on any atom is 0.226 e. The second-order valence-corrected chi connectivity index (χ2v) is 6.14. The maximum absolute atomic E-state index is 5.67. The highest BCUT2D eigenvalue weighted by molar-refractivity contribution is 9.10. The molecule has 0 fully saturated rings. The van der Waals surface area contributed by atoms with Gasteiger partial charge in [0.15, 0.2) is 0 Å². The van der Waals surface area contributed by atoms with Crippen LogP contribution in [0.5, 0.6) is 23.3 Å². The number of hydrogen-bond donors (Lipinski definition) is 0. The Morgan fingerprint density at radius 2 is 1.05 bits per heavy atom. The Balaban J connectivity index is 1.74. The van der Waals surface area contributed by atoms with Crippen molar-refractivity contribution in [3.05, 3.63) is 69.9 Å². The van der Waals surface area contributed by atoms with Crippen molar-refractivity contribution in [1.29, 1.82) is 0 Å². The number of hydrogen-bond acceptors (Lipinski definition) is 4. The number of halogens is 2. The van der Waals surface area contributed by atoms with Crippen LogP contribution in [0.25, 0.3) is 0 Å². The highest BCUT2D eigenvalue weighted by Gasteiger charge is 2.04. The molecule has 0 unspecified atom stereocenters. The lowest BCUT2D eigenvalue weighted by Gasteiger charge is -2.07. The number of ether oxygens (including phenoxy) is 2. The molecule has 0 aliphatic heterocycles. The molecule has 110 valence electrons. The Labute approximate surface area is 144 Å². The molecule has 3 rings (SSSR count). The predicted octanol–water partition coefficient (Wildman–Crippen LogP) is 5.59. The molecule has 1 heterocycles. The number of aromatic nitrogens is 2. The molecule has 4 nitrogen and oxygen atoms in total. The summed E-state index contributed by atoms with van der Waals surface area (Å²) in [6.45, 7) is 0. The average molecular weight is 422 g/mol. The number of nitrogens with zero attached hydrogens (tertiary/aromatic N) is 2. The van der Waals surface area contributed by atoms with Crippen LogP contribution < -0.4 is 9.47 Å². The molecular formula is C16H10Br2N2O2. The zero-order valence-electron chi connectivity index (χ0n) is 11.2. The Bertz CT molecular complexity index is 699. The molecule has 0 saturated heterocycles. The van der Waals surface area contributed by atoms with Gasteiger partial charge in [0.1, 0.15) is 17.8 Å². The van der Waals surface area contributed by atoms with E-state index in [0.717, 1.165) is 8.95 Å². The summed E-state index contributed by atoms with van der Waals surface area (Å²) in [5, 5.41) is 0. The summed E-state index contributed by atoms with van der Waals surface area (Å²) in [7, 11) is 0. The molecule has 0 aliphatic carbocycles. The van der Waals surface area contributed by atoms with Gasteiger partial charge in [0.25, 0.3) is 0 Å². The predicted molar refractivity (Wildman–Crippen MR) is 90.5 cm³/mol. The molecule has 3 aromatic rings. The summed E-state index contributed by atoms with van der Waals surface area (Å²) in [5.41, 5.74) is 0. The van der Waals surface area contributed by atoms with Crippen molar-refractivity contribution in [2.75, 3.05) is 0 Å². The van der Waals surface area contributed by atoms with Crippen LogP contribution in [0.2, 0.25) is 0 Å². The molecule has 0 bridgehead atoms. The van der Waals surface area contributed by atoms with Crippen molar-refractivity contribution in [2.24, 2.45) is 0 Å². The lowest BCUT2D eigenvalue weighted by Crippen LogP contribution is -1.92. The molecule has 0 spiro atoms. The van der Waals surface area contributed by atoms with E-state index in [0.29, 0.717) is 23.3 Å². The van der Waals surface area contributed by atoms with Crippen LogP contribution in [0.3, 0.4) is 0 Å². The Kier molecular flexibility index (Phi) is 4.70. The highest BCUT2D eigenvalue weighted by atomic mass is 79.9. The minimum absolute atomic E-state index is 0.421. The first kappa shape index (κ1) is 15.0. The van der Waals surface area contributed by atoms with Gasteiger partial charge < -0.3 is 9.47 Å². The minimum Gasteiger partial charge on any atom is -0.439 e. The lowest BCUT2D eigenvalue weighted by atomic mass is 10.3. The molecule has 0 amide bonds. The molecular weight excluding hydrogens is 412 g/mol. The average Bonchev–Trinajstić information content (AvgIpc) is 2.52. The zero-order valence-corrected chi connectivity index (χ0v) is 14.4. The van der Waals surface area contributed by atoms with Gasteiger partial charge in [0.2, 0.25) is 11.8 Å². The van der Waals surface area contributed by atoms with Crippen molar-refractivity contribution in [1.82, 2.24) is 9.97 Å². The van der Waals surface area contributed by atoms with Gasteiger partial charge in [-0.3, -0.25) is 0 Å². The van der Waals surface area contributed by atoms with E-state index in [2.05, 4.69) is 41.8 Å². The van der Waals surface area contributed by atoms with Crippen molar-refractivity contribution >= 4 is 31.9 Å². The normalized spacial score (nSPS) is 10.3. The van der Waals surface area contributed by atoms with Crippen molar-refractivity contribution < 1.29 is 9.47 Å². The van der Waals surface area contributed by atoms with Crippen LogP contribution in [0.15, 0.2) is 69.9 Å². The van der Waals surface area contributed by atoms with Crippen LogP contribution in [0.1, 0.15) is 0 Å². The third-order valence-electron chi connectivity index (χ3n) is 2.69. The molecule has 0 N–H and O–H groups in total. The van der Waals surface area contributed by atoms with E-state index in [9.17, 15) is 0 Å². The van der Waals surface area contributed by atoms with E-state index in [1.54, 1.807) is 6.07 Å². The van der Waals surface area contributed by atoms with Gasteiger partial charge in [-0.2, -0.15) is 0 Å².